The van der Waals surface area contributed by atoms with Gasteiger partial charge in [-0.3, -0.25) is 0 Å². The van der Waals surface area contributed by atoms with E-state index in [1.165, 1.54) is 0 Å². The fraction of sp³-hybridized carbons (Fsp3) is 0.389. The molecule has 1 aromatic carbocycles. The van der Waals surface area contributed by atoms with Gasteiger partial charge in [-0.2, -0.15) is 0 Å². The molecule has 0 aliphatic rings. The molecule has 1 aromatic heterocycles. The number of hydrogen-bond acceptors (Lipinski definition) is 6. The molecular formula is C18H23ClN2O4. The highest BCUT2D eigenvalue weighted by atomic mass is 35.5. The van der Waals surface area contributed by atoms with Crippen LogP contribution in [0.5, 0.6) is 11.5 Å². The van der Waals surface area contributed by atoms with Crippen molar-refractivity contribution in [3.8, 4) is 11.5 Å². The van der Waals surface area contributed by atoms with Gasteiger partial charge in [-0.1, -0.05) is 23.7 Å². The largest absolute Gasteiger partial charge is 0.493 e. The second-order valence-electron chi connectivity index (χ2n) is 5.28. The van der Waals surface area contributed by atoms with E-state index in [0.717, 1.165) is 11.1 Å². The van der Waals surface area contributed by atoms with Crippen molar-refractivity contribution in [3.63, 3.8) is 0 Å². The maximum Gasteiger partial charge on any atom is 0.161 e. The molecule has 2 N–H and O–H groups in total. The molecule has 136 valence electrons. The summed E-state index contributed by atoms with van der Waals surface area (Å²) in [6.45, 7) is 2.77. The highest BCUT2D eigenvalue weighted by Gasteiger charge is 2.06. The van der Waals surface area contributed by atoms with Gasteiger partial charge in [0.05, 0.1) is 26.9 Å². The molecule has 2 aromatic rings. The van der Waals surface area contributed by atoms with Crippen molar-refractivity contribution in [2.24, 2.45) is 0 Å². The van der Waals surface area contributed by atoms with Crippen LogP contribution in [0.2, 0.25) is 5.15 Å². The highest BCUT2D eigenvalue weighted by Crippen LogP contribution is 2.28. The lowest BCUT2D eigenvalue weighted by Gasteiger charge is -2.13. The van der Waals surface area contributed by atoms with Crippen LogP contribution in [0.25, 0.3) is 0 Å². The van der Waals surface area contributed by atoms with E-state index >= 15 is 0 Å². The van der Waals surface area contributed by atoms with Crippen molar-refractivity contribution in [3.05, 3.63) is 52.8 Å². The third kappa shape index (κ3) is 6.88. The summed E-state index contributed by atoms with van der Waals surface area (Å²) in [5, 5.41) is 12.4. The number of nitrogens with one attached hydrogen (secondary N) is 1. The molecule has 0 unspecified atom stereocenters. The summed E-state index contributed by atoms with van der Waals surface area (Å²) >= 11 is 5.77. The van der Waals surface area contributed by atoms with Crippen LogP contribution in [0, 0.1) is 0 Å². The number of pyridine rings is 1. The monoisotopic (exact) mass is 366 g/mol. The molecule has 1 heterocycles. The van der Waals surface area contributed by atoms with E-state index in [1.807, 2.05) is 24.3 Å². The zero-order chi connectivity index (χ0) is 17.9. The Labute approximate surface area is 152 Å². The van der Waals surface area contributed by atoms with Gasteiger partial charge in [0, 0.05) is 24.8 Å². The number of aliphatic hydroxyl groups is 1. The van der Waals surface area contributed by atoms with E-state index < -0.39 is 0 Å². The number of rotatable bonds is 11. The smallest absolute Gasteiger partial charge is 0.161 e. The van der Waals surface area contributed by atoms with E-state index in [0.29, 0.717) is 49.6 Å². The minimum absolute atomic E-state index is 0.0464. The van der Waals surface area contributed by atoms with E-state index in [1.54, 1.807) is 19.4 Å². The van der Waals surface area contributed by atoms with Crippen molar-refractivity contribution < 1.29 is 19.3 Å². The number of hydrogen-bond donors (Lipinski definition) is 2. The maximum atomic E-state index is 8.63. The Bertz CT molecular complexity index is 637. The normalized spacial score (nSPS) is 10.7. The molecule has 0 atom stereocenters. The summed E-state index contributed by atoms with van der Waals surface area (Å²) in [6, 6.07) is 9.42. The lowest BCUT2D eigenvalue weighted by molar-refractivity contribution is 0.0938. The topological polar surface area (TPSA) is 72.8 Å². The van der Waals surface area contributed by atoms with Crippen molar-refractivity contribution in [2.45, 2.75) is 13.2 Å². The molecule has 0 amide bonds. The zero-order valence-corrected chi connectivity index (χ0v) is 15.0. The predicted octanol–water partition coefficient (Wildman–Crippen LogP) is 2.42. The summed E-state index contributed by atoms with van der Waals surface area (Å²) in [4.78, 5) is 4.03. The number of aliphatic hydroxyl groups excluding tert-OH is 1. The van der Waals surface area contributed by atoms with Gasteiger partial charge >= 0.3 is 0 Å². The second kappa shape index (κ2) is 10.9. The third-order valence-electron chi connectivity index (χ3n) is 3.40. The van der Waals surface area contributed by atoms with Crippen molar-refractivity contribution in [2.75, 3.05) is 33.5 Å². The van der Waals surface area contributed by atoms with Gasteiger partial charge in [0.15, 0.2) is 11.5 Å². The van der Waals surface area contributed by atoms with E-state index in [9.17, 15) is 0 Å². The van der Waals surface area contributed by atoms with Gasteiger partial charge in [0.1, 0.15) is 11.8 Å². The first-order valence-corrected chi connectivity index (χ1v) is 8.40. The Balaban J connectivity index is 1.84. The first kappa shape index (κ1) is 19.5. The highest BCUT2D eigenvalue weighted by molar-refractivity contribution is 6.29. The average molecular weight is 367 g/mol. The maximum absolute atomic E-state index is 8.63. The quantitative estimate of drug-likeness (QED) is 0.470. The second-order valence-corrected chi connectivity index (χ2v) is 5.66. The summed E-state index contributed by atoms with van der Waals surface area (Å²) in [6.07, 6.45) is 1.69. The average Bonchev–Trinajstić information content (AvgIpc) is 2.64. The number of halogens is 1. The molecule has 0 aliphatic heterocycles. The molecule has 2 rings (SSSR count). The molecule has 0 aliphatic carbocycles. The standard InChI is InChI=1S/C18H23ClN2O4/c1-23-17-10-14(11-20-6-8-24-9-7-22)2-4-16(17)25-13-15-3-5-18(19)21-12-15/h2-5,10,12,20,22H,6-9,11,13H2,1H3. The van der Waals surface area contributed by atoms with Gasteiger partial charge < -0.3 is 24.6 Å². The molecule has 7 heteroatoms. The predicted molar refractivity (Wildman–Crippen MR) is 96.2 cm³/mol. The third-order valence-corrected chi connectivity index (χ3v) is 3.62. The van der Waals surface area contributed by atoms with Gasteiger partial charge in [0.2, 0.25) is 0 Å². The molecule has 0 saturated carbocycles. The molecule has 0 radical (unpaired) electrons. The minimum Gasteiger partial charge on any atom is -0.493 e. The van der Waals surface area contributed by atoms with Crippen LogP contribution in [0.15, 0.2) is 36.5 Å². The van der Waals surface area contributed by atoms with Crippen molar-refractivity contribution in [1.82, 2.24) is 10.3 Å². The first-order valence-electron chi connectivity index (χ1n) is 8.02. The molecule has 0 bridgehead atoms. The van der Waals surface area contributed by atoms with Gasteiger partial charge in [0.25, 0.3) is 0 Å². The van der Waals surface area contributed by atoms with Crippen LogP contribution in [-0.4, -0.2) is 43.6 Å². The molecule has 0 fully saturated rings. The summed E-state index contributed by atoms with van der Waals surface area (Å²) in [5.74, 6) is 1.35. The Morgan fingerprint density at radius 1 is 1.12 bits per heavy atom. The van der Waals surface area contributed by atoms with Crippen LogP contribution in [0.3, 0.4) is 0 Å². The van der Waals surface area contributed by atoms with Crippen LogP contribution >= 0.6 is 11.6 Å². The fourth-order valence-corrected chi connectivity index (χ4v) is 2.25. The minimum atomic E-state index is 0.0464. The summed E-state index contributed by atoms with van der Waals surface area (Å²) in [5.41, 5.74) is 2.01. The first-order chi connectivity index (χ1) is 12.2. The molecule has 0 saturated heterocycles. The Morgan fingerprint density at radius 3 is 2.68 bits per heavy atom. The number of aromatic nitrogens is 1. The van der Waals surface area contributed by atoms with Crippen LogP contribution in [-0.2, 0) is 17.9 Å². The lowest BCUT2D eigenvalue weighted by atomic mass is 10.2. The van der Waals surface area contributed by atoms with Crippen LogP contribution in [0.1, 0.15) is 11.1 Å². The van der Waals surface area contributed by atoms with Crippen LogP contribution < -0.4 is 14.8 Å². The molecule has 25 heavy (non-hydrogen) atoms. The van der Waals surface area contributed by atoms with E-state index in [2.05, 4.69) is 10.3 Å². The Morgan fingerprint density at radius 2 is 1.96 bits per heavy atom. The van der Waals surface area contributed by atoms with Gasteiger partial charge in [-0.25, -0.2) is 4.98 Å². The van der Waals surface area contributed by atoms with E-state index in [-0.39, 0.29) is 6.61 Å². The van der Waals surface area contributed by atoms with Crippen molar-refractivity contribution in [1.29, 1.82) is 0 Å². The Hall–Kier alpha value is -1.86. The number of methoxy groups -OCH3 is 1. The van der Waals surface area contributed by atoms with Crippen molar-refractivity contribution >= 4 is 11.6 Å². The Kier molecular flexibility index (Phi) is 8.48. The van der Waals surface area contributed by atoms with Gasteiger partial charge in [-0.15, -0.1) is 0 Å². The SMILES string of the molecule is COc1cc(CNCCOCCO)ccc1OCc1ccc(Cl)nc1. The molecule has 6 nitrogen and oxygen atoms in total. The fourth-order valence-electron chi connectivity index (χ4n) is 2.14. The summed E-state index contributed by atoms with van der Waals surface area (Å²) in [7, 11) is 1.62. The number of nitrogens with zero attached hydrogens (tertiary/aromatic N) is 1. The van der Waals surface area contributed by atoms with Crippen LogP contribution in [0.4, 0.5) is 0 Å². The lowest BCUT2D eigenvalue weighted by Crippen LogP contribution is -2.20. The van der Waals surface area contributed by atoms with Gasteiger partial charge in [-0.05, 0) is 23.8 Å². The number of benzene rings is 1. The number of ether oxygens (including phenoxy) is 3. The van der Waals surface area contributed by atoms with E-state index in [4.69, 9.17) is 30.9 Å². The molecule has 0 spiro atoms. The summed E-state index contributed by atoms with van der Waals surface area (Å²) < 4.78 is 16.4. The zero-order valence-electron chi connectivity index (χ0n) is 14.2. The molecular weight excluding hydrogens is 344 g/mol.